The molecule has 5 heteroatoms. The maximum atomic E-state index is 11.2. The van der Waals surface area contributed by atoms with Crippen LogP contribution in [0, 0.1) is 10.1 Å². The summed E-state index contributed by atoms with van der Waals surface area (Å²) in [6.07, 6.45) is 0.773. The molecule has 0 aliphatic heterocycles. The van der Waals surface area contributed by atoms with Gasteiger partial charge < -0.3 is 10.1 Å². The average Bonchev–Trinajstić information content (AvgIpc) is 2.28. The van der Waals surface area contributed by atoms with Crippen molar-refractivity contribution in [2.24, 2.45) is 0 Å². The number of nitrogens with one attached hydrogen (secondary N) is 1. The van der Waals surface area contributed by atoms with Crippen molar-refractivity contribution in [2.75, 3.05) is 11.9 Å². The quantitative estimate of drug-likeness (QED) is 0.620. The molecular weight excluding hydrogens is 232 g/mol. The maximum Gasteiger partial charge on any atom is 0.333 e. The van der Waals surface area contributed by atoms with Gasteiger partial charge in [0.25, 0.3) is 0 Å². The fourth-order valence-corrected chi connectivity index (χ4v) is 1.50. The van der Waals surface area contributed by atoms with Crippen LogP contribution in [0.4, 0.5) is 11.4 Å². The second kappa shape index (κ2) is 5.71. The first-order valence-electron chi connectivity index (χ1n) is 6.11. The van der Waals surface area contributed by atoms with E-state index in [4.69, 9.17) is 4.74 Å². The Kier molecular flexibility index (Phi) is 4.53. The molecule has 0 atom stereocenters. The topological polar surface area (TPSA) is 64.4 Å². The number of hydrogen-bond acceptors (Lipinski definition) is 4. The van der Waals surface area contributed by atoms with Crippen molar-refractivity contribution in [1.82, 2.24) is 0 Å². The molecule has 1 rings (SSSR count). The van der Waals surface area contributed by atoms with Gasteiger partial charge >= 0.3 is 5.69 Å². The third kappa shape index (κ3) is 3.35. The Morgan fingerprint density at radius 1 is 1.39 bits per heavy atom. The van der Waals surface area contributed by atoms with E-state index in [2.05, 4.69) is 5.32 Å². The number of ether oxygens (including phenoxy) is 1. The Morgan fingerprint density at radius 2 is 2.06 bits per heavy atom. The Morgan fingerprint density at radius 3 is 2.56 bits per heavy atom. The largest absolute Gasteiger partial charge is 0.481 e. The van der Waals surface area contributed by atoms with Crippen molar-refractivity contribution in [3.05, 3.63) is 28.3 Å². The summed E-state index contributed by atoms with van der Waals surface area (Å²) in [6.45, 7) is 8.34. The second-order valence-electron chi connectivity index (χ2n) is 4.66. The first-order chi connectivity index (χ1) is 8.41. The van der Waals surface area contributed by atoms with E-state index in [0.29, 0.717) is 18.0 Å². The third-order valence-electron chi connectivity index (χ3n) is 2.79. The normalized spacial score (nSPS) is 11.1. The van der Waals surface area contributed by atoms with Crippen molar-refractivity contribution in [3.8, 4) is 5.75 Å². The van der Waals surface area contributed by atoms with Crippen LogP contribution in [-0.2, 0) is 0 Å². The van der Waals surface area contributed by atoms with Crippen molar-refractivity contribution in [2.45, 2.75) is 39.7 Å². The molecule has 0 spiro atoms. The van der Waals surface area contributed by atoms with Crippen LogP contribution < -0.4 is 10.1 Å². The van der Waals surface area contributed by atoms with Crippen LogP contribution in [0.1, 0.15) is 34.1 Å². The summed E-state index contributed by atoms with van der Waals surface area (Å²) in [7, 11) is 0. The van der Waals surface area contributed by atoms with Gasteiger partial charge in [0.15, 0.2) is 5.75 Å². The minimum atomic E-state index is -0.421. The van der Waals surface area contributed by atoms with Gasteiger partial charge in [-0.05, 0) is 39.3 Å². The third-order valence-corrected chi connectivity index (χ3v) is 2.79. The Bertz CT molecular complexity index is 430. The molecule has 1 N–H and O–H groups in total. The molecule has 0 radical (unpaired) electrons. The van der Waals surface area contributed by atoms with Gasteiger partial charge in [-0.15, -0.1) is 0 Å². The molecule has 0 aromatic heterocycles. The molecule has 1 aromatic rings. The number of rotatable bonds is 6. The van der Waals surface area contributed by atoms with Gasteiger partial charge in [0.1, 0.15) is 11.3 Å². The lowest BCUT2D eigenvalue weighted by Gasteiger charge is -2.25. The summed E-state index contributed by atoms with van der Waals surface area (Å²) in [6, 6.07) is 5.08. The Labute approximate surface area is 107 Å². The molecule has 0 saturated heterocycles. The zero-order chi connectivity index (χ0) is 13.8. The minimum absolute atomic E-state index is 0.000810. The standard InChI is InChI=1S/C13H20N2O3/c1-5-13(3,4)18-11-9-7-8-10(14-6-2)12(11)15(16)17/h7-9,14H,5-6H2,1-4H3. The van der Waals surface area contributed by atoms with Crippen LogP contribution in [0.3, 0.4) is 0 Å². The summed E-state index contributed by atoms with van der Waals surface area (Å²) >= 11 is 0. The van der Waals surface area contributed by atoms with E-state index in [1.54, 1.807) is 18.2 Å². The van der Waals surface area contributed by atoms with Crippen LogP contribution in [0.15, 0.2) is 18.2 Å². The summed E-state index contributed by atoms with van der Waals surface area (Å²) in [5, 5.41) is 14.2. The molecule has 0 amide bonds. The number of hydrogen-bond donors (Lipinski definition) is 1. The van der Waals surface area contributed by atoms with E-state index in [9.17, 15) is 10.1 Å². The highest BCUT2D eigenvalue weighted by Crippen LogP contribution is 2.37. The predicted molar refractivity (Wildman–Crippen MR) is 72.3 cm³/mol. The molecule has 0 saturated carbocycles. The predicted octanol–water partition coefficient (Wildman–Crippen LogP) is 3.59. The van der Waals surface area contributed by atoms with Crippen molar-refractivity contribution >= 4 is 11.4 Å². The number of benzene rings is 1. The fourth-order valence-electron chi connectivity index (χ4n) is 1.50. The van der Waals surface area contributed by atoms with Crippen LogP contribution in [-0.4, -0.2) is 17.1 Å². The fraction of sp³-hybridized carbons (Fsp3) is 0.538. The molecule has 0 unspecified atom stereocenters. The summed E-state index contributed by atoms with van der Waals surface area (Å²) in [5.41, 5.74) is 0.0723. The average molecular weight is 252 g/mol. The lowest BCUT2D eigenvalue weighted by molar-refractivity contribution is -0.385. The van der Waals surface area contributed by atoms with Gasteiger partial charge in [-0.1, -0.05) is 13.0 Å². The lowest BCUT2D eigenvalue weighted by Crippen LogP contribution is -2.27. The lowest BCUT2D eigenvalue weighted by atomic mass is 10.1. The van der Waals surface area contributed by atoms with Crippen LogP contribution >= 0.6 is 0 Å². The summed E-state index contributed by atoms with van der Waals surface area (Å²) < 4.78 is 5.75. The Balaban J connectivity index is 3.18. The first kappa shape index (κ1) is 14.3. The monoisotopic (exact) mass is 252 g/mol. The van der Waals surface area contributed by atoms with Crippen LogP contribution in [0.5, 0.6) is 5.75 Å². The smallest absolute Gasteiger partial charge is 0.333 e. The van der Waals surface area contributed by atoms with E-state index in [1.165, 1.54) is 0 Å². The Hall–Kier alpha value is -1.78. The molecule has 1 aromatic carbocycles. The van der Waals surface area contributed by atoms with Gasteiger partial charge in [0, 0.05) is 6.54 Å². The number of para-hydroxylation sites is 1. The number of anilines is 1. The zero-order valence-corrected chi connectivity index (χ0v) is 11.3. The van der Waals surface area contributed by atoms with E-state index in [1.807, 2.05) is 27.7 Å². The molecular formula is C13H20N2O3. The van der Waals surface area contributed by atoms with Gasteiger partial charge in [-0.3, -0.25) is 10.1 Å². The molecule has 18 heavy (non-hydrogen) atoms. The zero-order valence-electron chi connectivity index (χ0n) is 11.3. The van der Waals surface area contributed by atoms with E-state index in [-0.39, 0.29) is 5.69 Å². The van der Waals surface area contributed by atoms with Crippen LogP contribution in [0.25, 0.3) is 0 Å². The first-order valence-corrected chi connectivity index (χ1v) is 6.11. The van der Waals surface area contributed by atoms with E-state index >= 15 is 0 Å². The van der Waals surface area contributed by atoms with Crippen molar-refractivity contribution in [3.63, 3.8) is 0 Å². The van der Waals surface area contributed by atoms with Crippen molar-refractivity contribution in [1.29, 1.82) is 0 Å². The minimum Gasteiger partial charge on any atom is -0.481 e. The molecule has 0 bridgehead atoms. The van der Waals surface area contributed by atoms with Gasteiger partial charge in [-0.25, -0.2) is 0 Å². The number of nitro benzene ring substituents is 1. The SMILES string of the molecule is CCNc1cccc(OC(C)(C)CC)c1[N+](=O)[O-]. The molecule has 0 aliphatic carbocycles. The second-order valence-corrected chi connectivity index (χ2v) is 4.66. The highest BCUT2D eigenvalue weighted by molar-refractivity contribution is 5.68. The number of nitrogens with zero attached hydrogens (tertiary/aromatic N) is 1. The van der Waals surface area contributed by atoms with Crippen molar-refractivity contribution < 1.29 is 9.66 Å². The molecule has 0 aliphatic rings. The van der Waals surface area contributed by atoms with Gasteiger partial charge in [0.2, 0.25) is 0 Å². The van der Waals surface area contributed by atoms with E-state index in [0.717, 1.165) is 6.42 Å². The molecule has 0 heterocycles. The van der Waals surface area contributed by atoms with E-state index < -0.39 is 10.5 Å². The molecule has 0 fully saturated rings. The molecule has 100 valence electrons. The van der Waals surface area contributed by atoms with Gasteiger partial charge in [0.05, 0.1) is 4.92 Å². The van der Waals surface area contributed by atoms with Crippen LogP contribution in [0.2, 0.25) is 0 Å². The summed E-state index contributed by atoms with van der Waals surface area (Å²) in [5.74, 6) is 0.310. The number of nitro groups is 1. The molecule has 5 nitrogen and oxygen atoms in total. The summed E-state index contributed by atoms with van der Waals surface area (Å²) in [4.78, 5) is 10.8. The maximum absolute atomic E-state index is 11.2. The van der Waals surface area contributed by atoms with Gasteiger partial charge in [-0.2, -0.15) is 0 Å². The highest BCUT2D eigenvalue weighted by atomic mass is 16.6. The highest BCUT2D eigenvalue weighted by Gasteiger charge is 2.25.